The van der Waals surface area contributed by atoms with E-state index in [-0.39, 0.29) is 0 Å². The van der Waals surface area contributed by atoms with Gasteiger partial charge in [0.2, 0.25) is 0 Å². The van der Waals surface area contributed by atoms with Gasteiger partial charge in [-0.25, -0.2) is 0 Å². The molecule has 1 fully saturated rings. The molecule has 4 heteroatoms. The molecule has 0 N–H and O–H groups in total. The zero-order valence-electron chi connectivity index (χ0n) is 15.1. The normalized spacial score (nSPS) is 15.6. The number of nitrogens with zero attached hydrogens (tertiary/aromatic N) is 2. The molecule has 0 radical (unpaired) electrons. The minimum absolute atomic E-state index is 0.948. The van der Waals surface area contributed by atoms with Crippen molar-refractivity contribution in [2.75, 3.05) is 25.6 Å². The number of thioether (sulfide) groups is 1. The second kappa shape index (κ2) is 8.84. The number of thiocarbonyl (C=S) groups is 1. The lowest BCUT2D eigenvalue weighted by Gasteiger charge is -2.36. The Kier molecular flexibility index (Phi) is 6.51. The van der Waals surface area contributed by atoms with Crippen LogP contribution >= 0.6 is 24.0 Å². The maximum atomic E-state index is 5.57. The van der Waals surface area contributed by atoms with Gasteiger partial charge in [-0.3, -0.25) is 4.90 Å². The fourth-order valence-corrected chi connectivity index (χ4v) is 4.08. The number of hydrogen-bond acceptors (Lipinski definition) is 3. The van der Waals surface area contributed by atoms with Crippen LogP contribution in [-0.2, 0) is 12.8 Å². The fourth-order valence-electron chi connectivity index (χ4n) is 2.94. The van der Waals surface area contributed by atoms with Crippen LogP contribution in [0.25, 0.3) is 0 Å². The van der Waals surface area contributed by atoms with Crippen molar-refractivity contribution in [1.29, 1.82) is 0 Å². The largest absolute Gasteiger partial charge is 0.344 e. The van der Waals surface area contributed by atoms with Crippen molar-refractivity contribution in [1.82, 2.24) is 9.80 Å². The third-order valence-corrected chi connectivity index (χ3v) is 6.24. The van der Waals surface area contributed by atoms with E-state index in [1.807, 2.05) is 0 Å². The van der Waals surface area contributed by atoms with E-state index in [1.54, 1.807) is 11.8 Å². The van der Waals surface area contributed by atoms with Crippen LogP contribution in [0, 0.1) is 13.8 Å². The Morgan fingerprint density at radius 1 is 0.840 bits per heavy atom. The lowest BCUT2D eigenvalue weighted by molar-refractivity contribution is 0.215. The predicted octanol–water partition coefficient (Wildman–Crippen LogP) is 4.64. The Bertz CT molecular complexity index is 695. The van der Waals surface area contributed by atoms with E-state index in [9.17, 15) is 0 Å². The topological polar surface area (TPSA) is 6.48 Å². The number of rotatable bonds is 6. The third kappa shape index (κ3) is 5.56. The summed E-state index contributed by atoms with van der Waals surface area (Å²) in [5, 5.41) is 0. The van der Waals surface area contributed by atoms with Gasteiger partial charge in [0.25, 0.3) is 0 Å². The summed E-state index contributed by atoms with van der Waals surface area (Å²) in [4.78, 5) is 4.84. The molecule has 1 saturated heterocycles. The quantitative estimate of drug-likeness (QED) is 0.683. The Morgan fingerprint density at radius 2 is 1.36 bits per heavy atom. The zero-order chi connectivity index (χ0) is 17.6. The first kappa shape index (κ1) is 18.4. The SMILES string of the molecule is Cc1ccc(CCN2CSC(=S)N(CCc3ccc(C)cc3)C2)cc1. The van der Waals surface area contributed by atoms with Crippen molar-refractivity contribution in [2.45, 2.75) is 26.7 Å². The number of aryl methyl sites for hydroxylation is 2. The Morgan fingerprint density at radius 3 is 1.92 bits per heavy atom. The first-order valence-corrected chi connectivity index (χ1v) is 10.2. The molecular formula is C21H26N2S2. The van der Waals surface area contributed by atoms with Crippen molar-refractivity contribution in [2.24, 2.45) is 0 Å². The lowest BCUT2D eigenvalue weighted by atomic mass is 10.1. The second-order valence-corrected chi connectivity index (χ2v) is 8.39. The molecule has 2 nitrogen and oxygen atoms in total. The molecule has 0 bridgehead atoms. The molecule has 0 saturated carbocycles. The van der Waals surface area contributed by atoms with Crippen molar-refractivity contribution in [3.05, 3.63) is 70.8 Å². The van der Waals surface area contributed by atoms with Gasteiger partial charge in [0, 0.05) is 13.1 Å². The van der Waals surface area contributed by atoms with E-state index in [0.29, 0.717) is 0 Å². The average molecular weight is 371 g/mol. The summed E-state index contributed by atoms with van der Waals surface area (Å²) < 4.78 is 1.04. The first-order chi connectivity index (χ1) is 12.1. The maximum absolute atomic E-state index is 5.57. The molecule has 2 aromatic carbocycles. The molecule has 0 unspecified atom stereocenters. The molecule has 25 heavy (non-hydrogen) atoms. The summed E-state index contributed by atoms with van der Waals surface area (Å²) in [6.45, 7) is 7.29. The Balaban J connectivity index is 1.49. The van der Waals surface area contributed by atoms with Gasteiger partial charge in [-0.1, -0.05) is 83.6 Å². The predicted molar refractivity (Wildman–Crippen MR) is 113 cm³/mol. The van der Waals surface area contributed by atoms with Crippen molar-refractivity contribution in [3.8, 4) is 0 Å². The van der Waals surface area contributed by atoms with E-state index in [0.717, 1.165) is 42.8 Å². The van der Waals surface area contributed by atoms with Crippen LogP contribution in [0.4, 0.5) is 0 Å². The van der Waals surface area contributed by atoms with E-state index in [1.165, 1.54) is 22.3 Å². The van der Waals surface area contributed by atoms with E-state index < -0.39 is 0 Å². The van der Waals surface area contributed by atoms with Crippen molar-refractivity contribution in [3.63, 3.8) is 0 Å². The second-order valence-electron chi connectivity index (χ2n) is 6.81. The fraction of sp³-hybridized carbons (Fsp3) is 0.381. The van der Waals surface area contributed by atoms with Gasteiger partial charge in [0.15, 0.2) is 0 Å². The molecular weight excluding hydrogens is 344 g/mol. The van der Waals surface area contributed by atoms with Crippen LogP contribution < -0.4 is 0 Å². The molecule has 0 aliphatic carbocycles. The summed E-state index contributed by atoms with van der Waals surface area (Å²) in [6.07, 6.45) is 2.15. The maximum Gasteiger partial charge on any atom is 0.138 e. The highest BCUT2D eigenvalue weighted by atomic mass is 32.2. The summed E-state index contributed by atoms with van der Waals surface area (Å²) in [7, 11) is 0. The highest BCUT2D eigenvalue weighted by Gasteiger charge is 2.21. The monoisotopic (exact) mass is 370 g/mol. The number of benzene rings is 2. The molecule has 0 amide bonds. The molecule has 1 aliphatic rings. The third-order valence-electron chi connectivity index (χ3n) is 4.63. The zero-order valence-corrected chi connectivity index (χ0v) is 16.7. The Labute approximate surface area is 161 Å². The minimum atomic E-state index is 0.948. The summed E-state index contributed by atoms with van der Waals surface area (Å²) >= 11 is 7.36. The molecule has 3 rings (SSSR count). The molecule has 1 heterocycles. The highest BCUT2D eigenvalue weighted by Crippen LogP contribution is 2.20. The van der Waals surface area contributed by atoms with Gasteiger partial charge in [-0.15, -0.1) is 0 Å². The van der Waals surface area contributed by atoms with Crippen LogP contribution in [0.1, 0.15) is 22.3 Å². The van der Waals surface area contributed by atoms with Gasteiger partial charge in [-0.05, 0) is 37.8 Å². The van der Waals surface area contributed by atoms with E-state index in [2.05, 4.69) is 72.2 Å². The molecule has 0 atom stereocenters. The van der Waals surface area contributed by atoms with Crippen molar-refractivity contribution >= 4 is 28.3 Å². The number of hydrogen-bond donors (Lipinski definition) is 0. The van der Waals surface area contributed by atoms with E-state index >= 15 is 0 Å². The standard InChI is InChI=1S/C21H26N2S2/c1-17-3-7-19(8-4-17)11-13-22-15-23(21(24)25-16-22)14-12-20-9-5-18(2)6-10-20/h3-10H,11-16H2,1-2H3. The van der Waals surface area contributed by atoms with Crippen LogP contribution in [-0.4, -0.2) is 39.8 Å². The van der Waals surface area contributed by atoms with Crippen LogP contribution in [0.15, 0.2) is 48.5 Å². The van der Waals surface area contributed by atoms with Crippen LogP contribution in [0.2, 0.25) is 0 Å². The lowest BCUT2D eigenvalue weighted by Crippen LogP contribution is -2.46. The average Bonchev–Trinajstić information content (AvgIpc) is 2.62. The summed E-state index contributed by atoms with van der Waals surface area (Å²) in [6, 6.07) is 17.7. The van der Waals surface area contributed by atoms with Crippen LogP contribution in [0.3, 0.4) is 0 Å². The molecule has 0 spiro atoms. The smallest absolute Gasteiger partial charge is 0.138 e. The molecule has 1 aliphatic heterocycles. The minimum Gasteiger partial charge on any atom is -0.344 e. The van der Waals surface area contributed by atoms with Crippen molar-refractivity contribution < 1.29 is 0 Å². The first-order valence-electron chi connectivity index (χ1n) is 8.85. The van der Waals surface area contributed by atoms with Gasteiger partial charge < -0.3 is 4.90 Å². The van der Waals surface area contributed by atoms with Gasteiger partial charge >= 0.3 is 0 Å². The molecule has 132 valence electrons. The Hall–Kier alpha value is -1.36. The highest BCUT2D eigenvalue weighted by molar-refractivity contribution is 8.22. The van der Waals surface area contributed by atoms with Gasteiger partial charge in [0.05, 0.1) is 12.5 Å². The summed E-state index contributed by atoms with van der Waals surface area (Å²) in [5.74, 6) is 1.01. The van der Waals surface area contributed by atoms with Gasteiger partial charge in [-0.2, -0.15) is 0 Å². The van der Waals surface area contributed by atoms with Gasteiger partial charge in [0.1, 0.15) is 4.32 Å². The molecule has 2 aromatic rings. The van der Waals surface area contributed by atoms with Crippen LogP contribution in [0.5, 0.6) is 0 Å². The summed E-state index contributed by atoms with van der Waals surface area (Å²) in [5.41, 5.74) is 5.44. The van der Waals surface area contributed by atoms with E-state index in [4.69, 9.17) is 12.2 Å². The molecule has 0 aromatic heterocycles.